The lowest BCUT2D eigenvalue weighted by molar-refractivity contribution is 0.491. The molecule has 0 amide bonds. The van der Waals surface area contributed by atoms with E-state index < -0.39 is 10.0 Å². The molecule has 106 valence electrons. The summed E-state index contributed by atoms with van der Waals surface area (Å²) in [6, 6.07) is 7.42. The summed E-state index contributed by atoms with van der Waals surface area (Å²) in [5, 5.41) is 0. The minimum absolute atomic E-state index is 0.0117. The second kappa shape index (κ2) is 6.03. The minimum Gasteiger partial charge on any atom is -0.326 e. The molecule has 1 aromatic rings. The van der Waals surface area contributed by atoms with E-state index in [-0.39, 0.29) is 5.75 Å². The Balaban J connectivity index is 1.95. The number of hydrogen-bond donors (Lipinski definition) is 2. The van der Waals surface area contributed by atoms with Gasteiger partial charge in [0.1, 0.15) is 0 Å². The van der Waals surface area contributed by atoms with Gasteiger partial charge in [-0.2, -0.15) is 0 Å². The maximum absolute atomic E-state index is 12.1. The highest BCUT2D eigenvalue weighted by atomic mass is 32.2. The minimum atomic E-state index is -3.27. The zero-order valence-corrected chi connectivity index (χ0v) is 12.1. The lowest BCUT2D eigenvalue weighted by Gasteiger charge is -2.13. The molecule has 0 aromatic heterocycles. The average Bonchev–Trinajstić information content (AvgIpc) is 3.20. The summed E-state index contributed by atoms with van der Waals surface area (Å²) in [6.45, 7) is 3.01. The second-order valence-electron chi connectivity index (χ2n) is 5.40. The van der Waals surface area contributed by atoms with E-state index in [1.54, 1.807) is 0 Å². The van der Waals surface area contributed by atoms with E-state index in [0.717, 1.165) is 11.1 Å². The summed E-state index contributed by atoms with van der Waals surface area (Å²) in [5.74, 6) is 1.15. The largest absolute Gasteiger partial charge is 0.326 e. The van der Waals surface area contributed by atoms with Crippen molar-refractivity contribution in [2.24, 2.45) is 17.6 Å². The van der Waals surface area contributed by atoms with E-state index in [0.29, 0.717) is 24.9 Å². The van der Waals surface area contributed by atoms with Crippen LogP contribution in [-0.2, 0) is 22.3 Å². The van der Waals surface area contributed by atoms with Crippen molar-refractivity contribution in [1.82, 2.24) is 4.72 Å². The molecule has 1 saturated carbocycles. The van der Waals surface area contributed by atoms with E-state index in [1.807, 2.05) is 24.3 Å². The third-order valence-corrected chi connectivity index (χ3v) is 5.03. The van der Waals surface area contributed by atoms with Gasteiger partial charge in [0, 0.05) is 13.1 Å². The standard InChI is InChI=1S/C14H22N2O2S/c1-11(12-6-7-12)9-16-19(17,18)10-14-5-3-2-4-13(14)8-15/h2-5,11-12,16H,6-10,15H2,1H3. The molecule has 4 nitrogen and oxygen atoms in total. The molecule has 1 aliphatic carbocycles. The normalized spacial score (nSPS) is 17.4. The van der Waals surface area contributed by atoms with Gasteiger partial charge in [-0.05, 0) is 35.8 Å². The highest BCUT2D eigenvalue weighted by Crippen LogP contribution is 2.36. The van der Waals surface area contributed by atoms with Crippen molar-refractivity contribution in [2.45, 2.75) is 32.1 Å². The quantitative estimate of drug-likeness (QED) is 0.798. The maximum atomic E-state index is 12.1. The number of sulfonamides is 1. The fourth-order valence-corrected chi connectivity index (χ4v) is 3.55. The van der Waals surface area contributed by atoms with Crippen LogP contribution in [0.5, 0.6) is 0 Å². The van der Waals surface area contributed by atoms with Gasteiger partial charge >= 0.3 is 0 Å². The first-order chi connectivity index (χ1) is 9.02. The molecule has 0 aliphatic heterocycles. The molecule has 0 bridgehead atoms. The molecule has 1 fully saturated rings. The van der Waals surface area contributed by atoms with Crippen LogP contribution in [0.25, 0.3) is 0 Å². The number of nitrogens with two attached hydrogens (primary N) is 1. The van der Waals surface area contributed by atoms with E-state index >= 15 is 0 Å². The molecule has 0 radical (unpaired) electrons. The Hall–Kier alpha value is -0.910. The Labute approximate surface area is 115 Å². The summed E-state index contributed by atoms with van der Waals surface area (Å²) in [6.07, 6.45) is 2.47. The van der Waals surface area contributed by atoms with Crippen LogP contribution in [0.15, 0.2) is 24.3 Å². The molecule has 5 heteroatoms. The number of rotatable bonds is 7. The fourth-order valence-electron chi connectivity index (χ4n) is 2.24. The third-order valence-electron chi connectivity index (χ3n) is 3.74. The van der Waals surface area contributed by atoms with Crippen molar-refractivity contribution < 1.29 is 8.42 Å². The van der Waals surface area contributed by atoms with Gasteiger partial charge < -0.3 is 5.73 Å². The topological polar surface area (TPSA) is 72.2 Å². The predicted octanol–water partition coefficient (Wildman–Crippen LogP) is 1.61. The Morgan fingerprint density at radius 3 is 2.53 bits per heavy atom. The monoisotopic (exact) mass is 282 g/mol. The van der Waals surface area contributed by atoms with Gasteiger partial charge in [0.2, 0.25) is 10.0 Å². The third kappa shape index (κ3) is 4.30. The van der Waals surface area contributed by atoms with Crippen LogP contribution in [0.4, 0.5) is 0 Å². The van der Waals surface area contributed by atoms with Crippen molar-refractivity contribution in [1.29, 1.82) is 0 Å². The highest BCUT2D eigenvalue weighted by molar-refractivity contribution is 7.88. The number of nitrogens with one attached hydrogen (secondary N) is 1. The SMILES string of the molecule is CC(CNS(=O)(=O)Cc1ccccc1CN)C1CC1. The molecule has 1 unspecified atom stereocenters. The van der Waals surface area contributed by atoms with Crippen molar-refractivity contribution >= 4 is 10.0 Å². The van der Waals surface area contributed by atoms with Gasteiger partial charge in [-0.1, -0.05) is 31.2 Å². The first-order valence-electron chi connectivity index (χ1n) is 6.76. The van der Waals surface area contributed by atoms with Gasteiger partial charge in [0.05, 0.1) is 5.75 Å². The van der Waals surface area contributed by atoms with Crippen LogP contribution in [0.1, 0.15) is 30.9 Å². The second-order valence-corrected chi connectivity index (χ2v) is 7.20. The summed E-state index contributed by atoms with van der Waals surface area (Å²) in [4.78, 5) is 0. The van der Waals surface area contributed by atoms with E-state index in [1.165, 1.54) is 12.8 Å². The van der Waals surface area contributed by atoms with Crippen LogP contribution in [0.2, 0.25) is 0 Å². The van der Waals surface area contributed by atoms with Crippen molar-refractivity contribution in [2.75, 3.05) is 6.54 Å². The Morgan fingerprint density at radius 1 is 1.32 bits per heavy atom. The molecule has 0 saturated heterocycles. The molecular formula is C14H22N2O2S. The molecule has 1 aromatic carbocycles. The van der Waals surface area contributed by atoms with Crippen LogP contribution < -0.4 is 10.5 Å². The van der Waals surface area contributed by atoms with Crippen LogP contribution in [0.3, 0.4) is 0 Å². The summed E-state index contributed by atoms with van der Waals surface area (Å²) >= 11 is 0. The molecule has 2 rings (SSSR count). The van der Waals surface area contributed by atoms with Gasteiger partial charge in [0.15, 0.2) is 0 Å². The first kappa shape index (κ1) is 14.5. The zero-order chi connectivity index (χ0) is 13.9. The van der Waals surface area contributed by atoms with Crippen LogP contribution >= 0.6 is 0 Å². The maximum Gasteiger partial charge on any atom is 0.215 e. The summed E-state index contributed by atoms with van der Waals surface area (Å²) < 4.78 is 26.8. The Morgan fingerprint density at radius 2 is 1.95 bits per heavy atom. The Bertz CT molecular complexity index is 524. The molecule has 1 aliphatic rings. The average molecular weight is 282 g/mol. The van der Waals surface area contributed by atoms with E-state index in [4.69, 9.17) is 5.73 Å². The lowest BCUT2D eigenvalue weighted by Crippen LogP contribution is -2.30. The molecular weight excluding hydrogens is 260 g/mol. The first-order valence-corrected chi connectivity index (χ1v) is 8.41. The smallest absolute Gasteiger partial charge is 0.215 e. The number of hydrogen-bond acceptors (Lipinski definition) is 3. The predicted molar refractivity (Wildman–Crippen MR) is 76.8 cm³/mol. The zero-order valence-electron chi connectivity index (χ0n) is 11.3. The van der Waals surface area contributed by atoms with Crippen molar-refractivity contribution in [3.8, 4) is 0 Å². The molecule has 0 spiro atoms. The van der Waals surface area contributed by atoms with Crippen molar-refractivity contribution in [3.63, 3.8) is 0 Å². The van der Waals surface area contributed by atoms with Crippen molar-refractivity contribution in [3.05, 3.63) is 35.4 Å². The molecule has 0 heterocycles. The summed E-state index contributed by atoms with van der Waals surface area (Å²) in [7, 11) is -3.27. The molecule has 3 N–H and O–H groups in total. The highest BCUT2D eigenvalue weighted by Gasteiger charge is 2.28. The number of benzene rings is 1. The lowest BCUT2D eigenvalue weighted by atomic mass is 10.1. The van der Waals surface area contributed by atoms with Gasteiger partial charge in [-0.15, -0.1) is 0 Å². The van der Waals surface area contributed by atoms with Crippen LogP contribution in [-0.4, -0.2) is 15.0 Å². The van der Waals surface area contributed by atoms with Gasteiger partial charge in [0.25, 0.3) is 0 Å². The van der Waals surface area contributed by atoms with Gasteiger partial charge in [-0.25, -0.2) is 13.1 Å². The molecule has 19 heavy (non-hydrogen) atoms. The molecule has 1 atom stereocenters. The fraction of sp³-hybridized carbons (Fsp3) is 0.571. The summed E-state index contributed by atoms with van der Waals surface area (Å²) in [5.41, 5.74) is 7.30. The van der Waals surface area contributed by atoms with Crippen LogP contribution in [0, 0.1) is 11.8 Å². The van der Waals surface area contributed by atoms with E-state index in [9.17, 15) is 8.42 Å². The van der Waals surface area contributed by atoms with Gasteiger partial charge in [-0.3, -0.25) is 0 Å². The van der Waals surface area contributed by atoms with E-state index in [2.05, 4.69) is 11.6 Å². The Kier molecular flexibility index (Phi) is 4.60.